The maximum absolute atomic E-state index is 8.88. The van der Waals surface area contributed by atoms with Gasteiger partial charge in [0.15, 0.2) is 5.65 Å². The zero-order valence-corrected chi connectivity index (χ0v) is 10.8. The summed E-state index contributed by atoms with van der Waals surface area (Å²) in [7, 11) is 1.81. The number of rotatable bonds is 7. The van der Waals surface area contributed by atoms with E-state index in [4.69, 9.17) is 10.2 Å². The minimum absolute atomic E-state index is 0.0268. The summed E-state index contributed by atoms with van der Waals surface area (Å²) in [4.78, 5) is 8.71. The molecule has 19 heavy (non-hydrogen) atoms. The van der Waals surface area contributed by atoms with Gasteiger partial charge in [-0.25, -0.2) is 0 Å². The maximum Gasteiger partial charge on any atom is 0.226 e. The van der Waals surface area contributed by atoms with Gasteiger partial charge in [0.05, 0.1) is 18.2 Å². The highest BCUT2D eigenvalue weighted by molar-refractivity contribution is 5.87. The topological polar surface area (TPSA) is 108 Å². The van der Waals surface area contributed by atoms with E-state index in [0.29, 0.717) is 36.9 Å². The molecular weight excluding hydrogens is 248 g/mol. The average molecular weight is 266 g/mol. The van der Waals surface area contributed by atoms with E-state index >= 15 is 0 Å². The number of hydrogen-bond acceptors (Lipinski definition) is 7. The van der Waals surface area contributed by atoms with Crippen molar-refractivity contribution in [1.29, 1.82) is 0 Å². The fraction of sp³-hybridized carbons (Fsp3) is 0.545. The van der Waals surface area contributed by atoms with E-state index in [-0.39, 0.29) is 13.2 Å². The Hall–Kier alpha value is -1.93. The van der Waals surface area contributed by atoms with Crippen LogP contribution in [0.4, 0.5) is 11.8 Å². The molecule has 0 saturated carbocycles. The highest BCUT2D eigenvalue weighted by Crippen LogP contribution is 2.20. The number of fused-ring (bicyclic) bond motifs is 1. The number of nitrogens with zero attached hydrogens (tertiary/aromatic N) is 4. The van der Waals surface area contributed by atoms with Crippen LogP contribution in [-0.4, -0.2) is 56.3 Å². The largest absolute Gasteiger partial charge is 0.396 e. The summed E-state index contributed by atoms with van der Waals surface area (Å²) in [5.41, 5.74) is 0.710. The Morgan fingerprint density at radius 3 is 2.74 bits per heavy atom. The SMILES string of the molecule is Cn1ncc2c(NCCO)nc(NCCCO)nc21. The van der Waals surface area contributed by atoms with E-state index in [1.165, 1.54) is 0 Å². The molecule has 104 valence electrons. The van der Waals surface area contributed by atoms with Gasteiger partial charge in [-0.1, -0.05) is 0 Å². The van der Waals surface area contributed by atoms with Crippen LogP contribution in [0.3, 0.4) is 0 Å². The van der Waals surface area contributed by atoms with Gasteiger partial charge in [-0.15, -0.1) is 0 Å². The van der Waals surface area contributed by atoms with Crippen LogP contribution < -0.4 is 10.6 Å². The Morgan fingerprint density at radius 1 is 1.16 bits per heavy atom. The fourth-order valence-corrected chi connectivity index (χ4v) is 1.69. The van der Waals surface area contributed by atoms with Crippen LogP contribution in [0.2, 0.25) is 0 Å². The van der Waals surface area contributed by atoms with Crippen LogP contribution in [0.25, 0.3) is 11.0 Å². The van der Waals surface area contributed by atoms with Crippen molar-refractivity contribution in [3.63, 3.8) is 0 Å². The standard InChI is InChI=1S/C11H18N6O2/c1-17-10-8(7-14-17)9(12-4-6-19)15-11(16-10)13-3-2-5-18/h7,18-19H,2-6H2,1H3,(H2,12,13,15,16). The summed E-state index contributed by atoms with van der Waals surface area (Å²) < 4.78 is 1.67. The molecule has 2 heterocycles. The molecule has 0 bridgehead atoms. The molecule has 0 aliphatic heterocycles. The number of aliphatic hydroxyl groups excluding tert-OH is 2. The Kier molecular flexibility index (Phi) is 4.48. The molecule has 0 saturated heterocycles. The Labute approximate surface area is 110 Å². The molecule has 0 aliphatic rings. The maximum atomic E-state index is 8.88. The number of anilines is 2. The predicted molar refractivity (Wildman–Crippen MR) is 72.1 cm³/mol. The zero-order valence-electron chi connectivity index (χ0n) is 10.8. The summed E-state index contributed by atoms with van der Waals surface area (Å²) in [6.07, 6.45) is 2.32. The minimum atomic E-state index is 0.0268. The van der Waals surface area contributed by atoms with Crippen molar-refractivity contribution in [2.75, 3.05) is 36.9 Å². The van der Waals surface area contributed by atoms with Gasteiger partial charge in [0.25, 0.3) is 0 Å². The molecule has 2 aromatic rings. The molecule has 0 fully saturated rings. The highest BCUT2D eigenvalue weighted by Gasteiger charge is 2.10. The van der Waals surface area contributed by atoms with Crippen molar-refractivity contribution in [3.05, 3.63) is 6.20 Å². The Bertz CT molecular complexity index is 541. The molecule has 0 aliphatic carbocycles. The summed E-state index contributed by atoms with van der Waals surface area (Å²) in [5, 5.41) is 28.7. The molecule has 2 aromatic heterocycles. The predicted octanol–water partition coefficient (Wildman–Crippen LogP) is -0.438. The number of nitrogens with one attached hydrogen (secondary N) is 2. The second kappa shape index (κ2) is 6.30. The second-order valence-electron chi connectivity index (χ2n) is 4.06. The molecule has 2 rings (SSSR count). The van der Waals surface area contributed by atoms with Crippen molar-refractivity contribution in [2.24, 2.45) is 7.05 Å². The van der Waals surface area contributed by atoms with Crippen molar-refractivity contribution in [3.8, 4) is 0 Å². The third kappa shape index (κ3) is 3.09. The van der Waals surface area contributed by atoms with Gasteiger partial charge in [0.2, 0.25) is 5.95 Å². The van der Waals surface area contributed by atoms with E-state index in [2.05, 4.69) is 25.7 Å². The minimum Gasteiger partial charge on any atom is -0.396 e. The molecule has 0 spiro atoms. The summed E-state index contributed by atoms with van der Waals surface area (Å²) >= 11 is 0. The number of hydrogen-bond donors (Lipinski definition) is 4. The fourth-order valence-electron chi connectivity index (χ4n) is 1.69. The lowest BCUT2D eigenvalue weighted by molar-refractivity contribution is 0.292. The lowest BCUT2D eigenvalue weighted by Crippen LogP contribution is -2.12. The molecule has 8 nitrogen and oxygen atoms in total. The molecule has 0 amide bonds. The van der Waals surface area contributed by atoms with Crippen LogP contribution in [0.5, 0.6) is 0 Å². The highest BCUT2D eigenvalue weighted by atomic mass is 16.3. The number of aromatic nitrogens is 4. The Morgan fingerprint density at radius 2 is 2.00 bits per heavy atom. The monoisotopic (exact) mass is 266 g/mol. The first-order chi connectivity index (χ1) is 9.26. The van der Waals surface area contributed by atoms with Crippen LogP contribution in [0.1, 0.15) is 6.42 Å². The molecule has 8 heteroatoms. The molecule has 0 aromatic carbocycles. The van der Waals surface area contributed by atoms with Gasteiger partial charge in [-0.3, -0.25) is 4.68 Å². The van der Waals surface area contributed by atoms with Gasteiger partial charge in [0, 0.05) is 26.7 Å². The Balaban J connectivity index is 2.28. The zero-order chi connectivity index (χ0) is 13.7. The molecule has 0 radical (unpaired) electrons. The smallest absolute Gasteiger partial charge is 0.226 e. The molecule has 0 unspecified atom stereocenters. The van der Waals surface area contributed by atoms with Crippen molar-refractivity contribution in [1.82, 2.24) is 19.7 Å². The third-order valence-corrected chi connectivity index (χ3v) is 2.61. The van der Waals surface area contributed by atoms with Crippen molar-refractivity contribution in [2.45, 2.75) is 6.42 Å². The van der Waals surface area contributed by atoms with Gasteiger partial charge >= 0.3 is 0 Å². The summed E-state index contributed by atoms with van der Waals surface area (Å²) in [5.74, 6) is 1.11. The molecule has 4 N–H and O–H groups in total. The van der Waals surface area contributed by atoms with Gasteiger partial charge in [-0.05, 0) is 6.42 Å². The average Bonchev–Trinajstić information content (AvgIpc) is 2.78. The van der Waals surface area contributed by atoms with Gasteiger partial charge < -0.3 is 20.8 Å². The first kappa shape index (κ1) is 13.5. The van der Waals surface area contributed by atoms with E-state index in [1.807, 2.05) is 7.05 Å². The van der Waals surface area contributed by atoms with Gasteiger partial charge in [-0.2, -0.15) is 15.1 Å². The van der Waals surface area contributed by atoms with Crippen LogP contribution in [0.15, 0.2) is 6.20 Å². The lowest BCUT2D eigenvalue weighted by Gasteiger charge is -2.09. The van der Waals surface area contributed by atoms with Crippen molar-refractivity contribution < 1.29 is 10.2 Å². The van der Waals surface area contributed by atoms with Gasteiger partial charge in [0.1, 0.15) is 5.82 Å². The third-order valence-electron chi connectivity index (χ3n) is 2.61. The van der Waals surface area contributed by atoms with Crippen LogP contribution >= 0.6 is 0 Å². The number of aryl methyl sites for hydroxylation is 1. The van der Waals surface area contributed by atoms with E-state index < -0.39 is 0 Å². The second-order valence-corrected chi connectivity index (χ2v) is 4.06. The van der Waals surface area contributed by atoms with Crippen LogP contribution in [0, 0.1) is 0 Å². The van der Waals surface area contributed by atoms with E-state index in [9.17, 15) is 0 Å². The quantitative estimate of drug-likeness (QED) is 0.503. The summed E-state index contributed by atoms with van der Waals surface area (Å²) in [6.45, 7) is 1.16. The van der Waals surface area contributed by atoms with E-state index in [0.717, 1.165) is 5.39 Å². The lowest BCUT2D eigenvalue weighted by atomic mass is 10.4. The van der Waals surface area contributed by atoms with E-state index in [1.54, 1.807) is 10.9 Å². The van der Waals surface area contributed by atoms with Crippen molar-refractivity contribution >= 4 is 22.8 Å². The molecule has 0 atom stereocenters. The normalized spacial score (nSPS) is 10.9. The first-order valence-electron chi connectivity index (χ1n) is 6.15. The summed E-state index contributed by atoms with van der Waals surface area (Å²) in [6, 6.07) is 0. The number of aliphatic hydroxyl groups is 2. The first-order valence-corrected chi connectivity index (χ1v) is 6.15. The molecular formula is C11H18N6O2. The van der Waals surface area contributed by atoms with Crippen LogP contribution in [-0.2, 0) is 7.05 Å².